The second-order valence-corrected chi connectivity index (χ2v) is 5.71. The molecule has 1 aromatic heterocycles. The van der Waals surface area contributed by atoms with Crippen LogP contribution in [0.3, 0.4) is 0 Å². The van der Waals surface area contributed by atoms with Gasteiger partial charge in [-0.25, -0.2) is 4.98 Å². The molecule has 0 saturated carbocycles. The van der Waals surface area contributed by atoms with E-state index in [0.717, 1.165) is 55.4 Å². The molecular weight excluding hydrogens is 286 g/mol. The molecule has 0 aliphatic carbocycles. The summed E-state index contributed by atoms with van der Waals surface area (Å²) in [6, 6.07) is 8.06. The lowest BCUT2D eigenvalue weighted by Crippen LogP contribution is -2.27. The van der Waals surface area contributed by atoms with Crippen LogP contribution in [0.4, 0.5) is 17.2 Å². The van der Waals surface area contributed by atoms with Gasteiger partial charge in [0, 0.05) is 18.5 Å². The van der Waals surface area contributed by atoms with E-state index in [4.69, 9.17) is 11.5 Å². The van der Waals surface area contributed by atoms with Gasteiger partial charge in [-0.3, -0.25) is 4.99 Å². The number of rotatable bonds is 9. The number of fused-ring (bicyclic) bond motifs is 1. The van der Waals surface area contributed by atoms with Gasteiger partial charge < -0.3 is 16.4 Å². The van der Waals surface area contributed by atoms with Crippen LogP contribution in [-0.4, -0.2) is 31.3 Å². The van der Waals surface area contributed by atoms with Crippen LogP contribution in [0.2, 0.25) is 0 Å². The Hall–Kier alpha value is -2.14. The molecule has 0 bridgehead atoms. The van der Waals surface area contributed by atoms with E-state index in [2.05, 4.69) is 34.6 Å². The van der Waals surface area contributed by atoms with Gasteiger partial charge in [-0.15, -0.1) is 0 Å². The predicted molar refractivity (Wildman–Crippen MR) is 101 cm³/mol. The number of aromatic nitrogens is 1. The van der Waals surface area contributed by atoms with E-state index in [0.29, 0.717) is 18.1 Å². The summed E-state index contributed by atoms with van der Waals surface area (Å²) in [6.07, 6.45) is 4.32. The van der Waals surface area contributed by atoms with Gasteiger partial charge in [0.2, 0.25) is 0 Å². The summed E-state index contributed by atoms with van der Waals surface area (Å²) in [7, 11) is 0. The lowest BCUT2D eigenvalue weighted by atomic mass is 10.1. The molecule has 0 atom stereocenters. The first-order valence-electron chi connectivity index (χ1n) is 8.32. The third-order valence-corrected chi connectivity index (χ3v) is 4.01. The number of nitrogens with zero attached hydrogens (tertiary/aromatic N) is 3. The van der Waals surface area contributed by atoms with Crippen molar-refractivity contribution in [3.05, 3.63) is 24.3 Å². The van der Waals surface area contributed by atoms with E-state index >= 15 is 0 Å². The molecule has 23 heavy (non-hydrogen) atoms. The number of hydrogen-bond acceptors (Lipinski definition) is 5. The number of nitrogen functional groups attached to an aromatic ring is 1. The molecule has 0 fully saturated rings. The van der Waals surface area contributed by atoms with Crippen LogP contribution in [0, 0.1) is 0 Å². The second kappa shape index (κ2) is 8.48. The first-order chi connectivity index (χ1) is 11.2. The molecule has 5 nitrogen and oxygen atoms in total. The zero-order valence-corrected chi connectivity index (χ0v) is 14.0. The molecule has 1 heterocycles. The van der Waals surface area contributed by atoms with Crippen molar-refractivity contribution in [3.63, 3.8) is 0 Å². The first-order valence-corrected chi connectivity index (χ1v) is 8.32. The van der Waals surface area contributed by atoms with Gasteiger partial charge in [0.05, 0.1) is 11.2 Å². The molecule has 5 heteroatoms. The number of hydrogen-bond donors (Lipinski definition) is 2. The van der Waals surface area contributed by atoms with Gasteiger partial charge in [-0.1, -0.05) is 31.5 Å². The van der Waals surface area contributed by atoms with Gasteiger partial charge in [-0.2, -0.15) is 0 Å². The minimum Gasteiger partial charge on any atom is -0.382 e. The van der Waals surface area contributed by atoms with E-state index in [-0.39, 0.29) is 0 Å². The van der Waals surface area contributed by atoms with E-state index in [9.17, 15) is 0 Å². The van der Waals surface area contributed by atoms with Crippen molar-refractivity contribution < 1.29 is 0 Å². The highest BCUT2D eigenvalue weighted by Crippen LogP contribution is 2.39. The van der Waals surface area contributed by atoms with Gasteiger partial charge in [0.25, 0.3) is 0 Å². The van der Waals surface area contributed by atoms with Crippen LogP contribution >= 0.6 is 0 Å². The largest absolute Gasteiger partial charge is 0.382 e. The van der Waals surface area contributed by atoms with Gasteiger partial charge in [-0.05, 0) is 38.6 Å². The monoisotopic (exact) mass is 313 g/mol. The van der Waals surface area contributed by atoms with Crippen LogP contribution in [-0.2, 0) is 0 Å². The summed E-state index contributed by atoms with van der Waals surface area (Å²) < 4.78 is 0. The summed E-state index contributed by atoms with van der Waals surface area (Å²) in [4.78, 5) is 11.0. The summed E-state index contributed by atoms with van der Waals surface area (Å²) in [5.74, 6) is 0.439. The SMILES string of the molecule is C=Nc1c(N)nc2ccccc2c1N(CCCC)CCCCN. The standard InChI is InChI=1S/C18H27N5/c1-3-4-12-23(13-8-7-11-19)17-14-9-5-6-10-15(14)22-18(20)16(17)21-2/h5-6,9-10H,2-4,7-8,11-13,19H2,1H3,(H2,20,22). The topological polar surface area (TPSA) is 80.5 Å². The van der Waals surface area contributed by atoms with Crippen LogP contribution < -0.4 is 16.4 Å². The first kappa shape index (κ1) is 17.2. The lowest BCUT2D eigenvalue weighted by Gasteiger charge is -2.28. The highest BCUT2D eigenvalue weighted by atomic mass is 15.1. The molecule has 1 aromatic carbocycles. The van der Waals surface area contributed by atoms with Crippen LogP contribution in [0.15, 0.2) is 29.3 Å². The van der Waals surface area contributed by atoms with Crippen molar-refractivity contribution >= 4 is 34.8 Å². The minimum absolute atomic E-state index is 0.439. The molecule has 0 aliphatic rings. The Morgan fingerprint density at radius 1 is 1.17 bits per heavy atom. The highest BCUT2D eigenvalue weighted by molar-refractivity contribution is 6.01. The third-order valence-electron chi connectivity index (χ3n) is 4.01. The maximum absolute atomic E-state index is 6.13. The quantitative estimate of drug-likeness (QED) is 0.548. The Morgan fingerprint density at radius 2 is 1.91 bits per heavy atom. The zero-order valence-electron chi connectivity index (χ0n) is 14.0. The lowest BCUT2D eigenvalue weighted by molar-refractivity contribution is 0.665. The molecule has 2 rings (SSSR count). The molecule has 0 saturated heterocycles. The molecule has 2 aromatic rings. The molecule has 124 valence electrons. The zero-order chi connectivity index (χ0) is 16.7. The van der Waals surface area contributed by atoms with Crippen molar-refractivity contribution in [3.8, 4) is 0 Å². The Balaban J connectivity index is 2.51. The maximum Gasteiger partial charge on any atom is 0.152 e. The van der Waals surface area contributed by atoms with Crippen LogP contribution in [0.5, 0.6) is 0 Å². The molecule has 0 spiro atoms. The third kappa shape index (κ3) is 3.99. The number of unbranched alkanes of at least 4 members (excludes halogenated alkanes) is 2. The smallest absolute Gasteiger partial charge is 0.152 e. The fraction of sp³-hybridized carbons (Fsp3) is 0.444. The van der Waals surface area contributed by atoms with E-state index < -0.39 is 0 Å². The van der Waals surface area contributed by atoms with Crippen molar-refractivity contribution in [2.24, 2.45) is 10.7 Å². The second-order valence-electron chi connectivity index (χ2n) is 5.71. The number of para-hydroxylation sites is 1. The average Bonchev–Trinajstić information content (AvgIpc) is 2.57. The van der Waals surface area contributed by atoms with Gasteiger partial charge in [0.1, 0.15) is 5.69 Å². The number of anilines is 2. The molecule has 0 radical (unpaired) electrons. The van der Waals surface area contributed by atoms with Crippen molar-refractivity contribution in [1.82, 2.24) is 4.98 Å². The van der Waals surface area contributed by atoms with Gasteiger partial charge in [0.15, 0.2) is 5.82 Å². The summed E-state index contributed by atoms with van der Waals surface area (Å²) in [5, 5.41) is 1.08. The van der Waals surface area contributed by atoms with Gasteiger partial charge >= 0.3 is 0 Å². The molecule has 0 aliphatic heterocycles. The summed E-state index contributed by atoms with van der Waals surface area (Å²) in [6.45, 7) is 8.52. The van der Waals surface area contributed by atoms with E-state index in [1.807, 2.05) is 18.2 Å². The summed E-state index contributed by atoms with van der Waals surface area (Å²) in [5.41, 5.74) is 14.4. The number of benzene rings is 1. The van der Waals surface area contributed by atoms with Crippen molar-refractivity contribution in [1.29, 1.82) is 0 Å². The normalized spacial score (nSPS) is 10.9. The molecule has 4 N–H and O–H groups in total. The fourth-order valence-electron chi connectivity index (χ4n) is 2.81. The van der Waals surface area contributed by atoms with Crippen LogP contribution in [0.25, 0.3) is 10.9 Å². The summed E-state index contributed by atoms with van der Waals surface area (Å²) >= 11 is 0. The fourth-order valence-corrected chi connectivity index (χ4v) is 2.81. The Morgan fingerprint density at radius 3 is 2.61 bits per heavy atom. The Labute approximate surface area is 138 Å². The average molecular weight is 313 g/mol. The molecular formula is C18H27N5. The highest BCUT2D eigenvalue weighted by Gasteiger charge is 2.18. The van der Waals surface area contributed by atoms with Crippen molar-refractivity contribution in [2.75, 3.05) is 30.3 Å². The van der Waals surface area contributed by atoms with E-state index in [1.165, 1.54) is 0 Å². The van der Waals surface area contributed by atoms with Crippen molar-refractivity contribution in [2.45, 2.75) is 32.6 Å². The number of pyridine rings is 1. The van der Waals surface area contributed by atoms with Crippen LogP contribution in [0.1, 0.15) is 32.6 Å². The number of aliphatic imine (C=N–C) groups is 1. The minimum atomic E-state index is 0.439. The molecule has 0 unspecified atom stereocenters. The maximum atomic E-state index is 6.13. The predicted octanol–water partition coefficient (Wildman–Crippen LogP) is 3.49. The Kier molecular flexibility index (Phi) is 6.35. The Bertz CT molecular complexity index is 653. The number of nitrogens with two attached hydrogens (primary N) is 2. The van der Waals surface area contributed by atoms with E-state index in [1.54, 1.807) is 0 Å². The molecule has 0 amide bonds.